The summed E-state index contributed by atoms with van der Waals surface area (Å²) in [5.74, 6) is -0.711. The normalized spacial score (nSPS) is 14.0. The van der Waals surface area contributed by atoms with E-state index in [0.717, 1.165) is 28.0 Å². The van der Waals surface area contributed by atoms with Crippen molar-refractivity contribution in [2.75, 3.05) is 36.4 Å². The Kier molecular flexibility index (Phi) is 8.79. The number of hydrogen-bond acceptors (Lipinski definition) is 10. The van der Waals surface area contributed by atoms with Crippen LogP contribution in [0.15, 0.2) is 48.1 Å². The number of piperazine rings is 1. The third kappa shape index (κ3) is 7.94. The van der Waals surface area contributed by atoms with Crippen molar-refractivity contribution in [3.05, 3.63) is 48.1 Å². The molecule has 0 saturated carbocycles. The monoisotopic (exact) mass is 528 g/mol. The van der Waals surface area contributed by atoms with Crippen molar-refractivity contribution < 1.29 is 24.9 Å². The van der Waals surface area contributed by atoms with Crippen LogP contribution in [0.5, 0.6) is 0 Å². The molecular weight excluding hydrogens is 496 g/mol. The van der Waals surface area contributed by atoms with E-state index in [1.807, 2.05) is 41.9 Å². The fourth-order valence-corrected chi connectivity index (χ4v) is 3.99. The highest BCUT2D eigenvalue weighted by Crippen LogP contribution is 2.26. The van der Waals surface area contributed by atoms with E-state index >= 15 is 0 Å². The van der Waals surface area contributed by atoms with Gasteiger partial charge in [0.1, 0.15) is 17.1 Å². The number of carbonyl (C=O) groups is 2. The zero-order valence-corrected chi connectivity index (χ0v) is 22.1. The predicted octanol–water partition coefficient (Wildman–Crippen LogP) is 2.61. The van der Waals surface area contributed by atoms with Crippen molar-refractivity contribution in [3.63, 3.8) is 0 Å². The molecule has 1 fully saturated rings. The Bertz CT molecular complexity index is 1180. The van der Waals surface area contributed by atoms with E-state index in [4.69, 9.17) is 10.2 Å². The number of nitrogens with zero attached hydrogens (tertiary/aromatic N) is 5. The van der Waals surface area contributed by atoms with Crippen LogP contribution in [0.25, 0.3) is 11.4 Å². The number of rotatable bonds is 6. The average molecular weight is 529 g/mol. The van der Waals surface area contributed by atoms with Gasteiger partial charge in [0.15, 0.2) is 10.7 Å². The van der Waals surface area contributed by atoms with Crippen LogP contribution in [0.2, 0.25) is 0 Å². The van der Waals surface area contributed by atoms with Gasteiger partial charge in [-0.05, 0) is 52.0 Å². The second kappa shape index (κ2) is 11.6. The lowest BCUT2D eigenvalue weighted by Crippen LogP contribution is -2.54. The van der Waals surface area contributed by atoms with Gasteiger partial charge in [-0.3, -0.25) is 9.78 Å². The van der Waals surface area contributed by atoms with E-state index < -0.39 is 17.2 Å². The molecule has 11 nitrogen and oxygen atoms in total. The maximum Gasteiger partial charge on any atom is 0.335 e. The van der Waals surface area contributed by atoms with Gasteiger partial charge >= 0.3 is 5.97 Å². The van der Waals surface area contributed by atoms with Crippen molar-refractivity contribution in [1.29, 1.82) is 0 Å². The summed E-state index contributed by atoms with van der Waals surface area (Å²) >= 11 is 1.51. The van der Waals surface area contributed by atoms with Crippen LogP contribution in [-0.2, 0) is 9.59 Å². The maximum absolute atomic E-state index is 12.2. The van der Waals surface area contributed by atoms with Gasteiger partial charge in [-0.25, -0.2) is 14.8 Å². The zero-order valence-electron chi connectivity index (χ0n) is 21.2. The number of aliphatic hydroxyl groups is 2. The molecule has 3 aromatic rings. The van der Waals surface area contributed by atoms with Crippen LogP contribution < -0.4 is 10.2 Å². The van der Waals surface area contributed by atoms with Crippen molar-refractivity contribution in [2.45, 2.75) is 38.9 Å². The third-order valence-corrected chi connectivity index (χ3v) is 6.15. The number of aliphatic carboxylic acids is 1. The first kappa shape index (κ1) is 28.0. The molecule has 0 spiro atoms. The van der Waals surface area contributed by atoms with Gasteiger partial charge in [0.2, 0.25) is 0 Å². The first-order valence-electron chi connectivity index (χ1n) is 11.7. The molecule has 4 heterocycles. The van der Waals surface area contributed by atoms with E-state index in [-0.39, 0.29) is 5.91 Å². The highest BCUT2D eigenvalue weighted by molar-refractivity contribution is 7.14. The molecule has 0 bridgehead atoms. The molecule has 0 unspecified atom stereocenters. The third-order valence-electron chi connectivity index (χ3n) is 5.39. The minimum Gasteiger partial charge on any atom is -0.479 e. The lowest BCUT2D eigenvalue weighted by Gasteiger charge is -2.38. The van der Waals surface area contributed by atoms with Crippen LogP contribution in [-0.4, -0.2) is 84.4 Å². The summed E-state index contributed by atoms with van der Waals surface area (Å²) in [4.78, 5) is 39.3. The van der Waals surface area contributed by atoms with Crippen molar-refractivity contribution in [1.82, 2.24) is 19.9 Å². The number of thiazole rings is 1. The molecule has 1 amide bonds. The van der Waals surface area contributed by atoms with Crippen LogP contribution in [0.3, 0.4) is 0 Å². The van der Waals surface area contributed by atoms with Crippen LogP contribution in [0, 0.1) is 0 Å². The SMILES string of the molecule is CC(C)(O)C(=O)N1CCN(c2ccc(Nc3nc(-c4ccccn4)cs3)nc2)CC1.CC(C)(O)C(=O)O. The molecule has 0 radical (unpaired) electrons. The number of aromatic nitrogens is 3. The molecule has 0 atom stereocenters. The Labute approximate surface area is 219 Å². The Morgan fingerprint density at radius 1 is 0.946 bits per heavy atom. The number of carbonyl (C=O) groups excluding carboxylic acids is 1. The van der Waals surface area contributed by atoms with Gasteiger partial charge in [0.25, 0.3) is 5.91 Å². The first-order valence-corrected chi connectivity index (χ1v) is 12.5. The van der Waals surface area contributed by atoms with Gasteiger partial charge in [-0.15, -0.1) is 11.3 Å². The van der Waals surface area contributed by atoms with Gasteiger partial charge in [0.05, 0.1) is 17.6 Å². The molecule has 1 aliphatic rings. The number of pyridine rings is 2. The number of anilines is 3. The van der Waals surface area contributed by atoms with Crippen molar-refractivity contribution >= 4 is 39.9 Å². The van der Waals surface area contributed by atoms with Gasteiger partial charge < -0.3 is 30.4 Å². The van der Waals surface area contributed by atoms with Crippen LogP contribution in [0.4, 0.5) is 16.6 Å². The summed E-state index contributed by atoms with van der Waals surface area (Å²) in [6, 6.07) is 9.68. The molecule has 198 valence electrons. The van der Waals surface area contributed by atoms with Crippen LogP contribution in [0.1, 0.15) is 27.7 Å². The minimum atomic E-state index is -1.58. The summed E-state index contributed by atoms with van der Waals surface area (Å²) in [5.41, 5.74) is -0.238. The lowest BCUT2D eigenvalue weighted by molar-refractivity contribution is -0.154. The molecule has 1 saturated heterocycles. The molecule has 4 N–H and O–H groups in total. The summed E-state index contributed by atoms with van der Waals surface area (Å²) in [6.07, 6.45) is 3.57. The van der Waals surface area contributed by atoms with E-state index in [9.17, 15) is 14.7 Å². The molecule has 0 aromatic carbocycles. The summed E-state index contributed by atoms with van der Waals surface area (Å²) in [5, 5.41) is 32.4. The van der Waals surface area contributed by atoms with E-state index in [1.165, 1.54) is 39.0 Å². The molecule has 4 rings (SSSR count). The fourth-order valence-electron chi connectivity index (χ4n) is 3.27. The Hall–Kier alpha value is -3.61. The Balaban J connectivity index is 0.000000479. The molecule has 1 aliphatic heterocycles. The average Bonchev–Trinajstić information content (AvgIpc) is 3.32. The Morgan fingerprint density at radius 2 is 1.62 bits per heavy atom. The second-order valence-electron chi connectivity index (χ2n) is 9.48. The van der Waals surface area contributed by atoms with Gasteiger partial charge in [-0.1, -0.05) is 6.07 Å². The van der Waals surface area contributed by atoms with Gasteiger partial charge in [-0.2, -0.15) is 0 Å². The van der Waals surface area contributed by atoms with Crippen molar-refractivity contribution in [2.24, 2.45) is 0 Å². The molecule has 12 heteroatoms. The molecule has 37 heavy (non-hydrogen) atoms. The number of hydrogen-bond donors (Lipinski definition) is 4. The maximum atomic E-state index is 12.2. The number of carboxylic acids is 1. The van der Waals surface area contributed by atoms with Gasteiger partial charge in [0, 0.05) is 37.8 Å². The smallest absolute Gasteiger partial charge is 0.335 e. The lowest BCUT2D eigenvalue weighted by atomic mass is 10.1. The largest absolute Gasteiger partial charge is 0.479 e. The highest BCUT2D eigenvalue weighted by atomic mass is 32.1. The Morgan fingerprint density at radius 3 is 2.14 bits per heavy atom. The molecule has 3 aromatic heterocycles. The fraction of sp³-hybridized carbons (Fsp3) is 0.400. The number of carboxylic acid groups (broad SMARTS) is 1. The van der Waals surface area contributed by atoms with Crippen molar-refractivity contribution in [3.8, 4) is 11.4 Å². The second-order valence-corrected chi connectivity index (χ2v) is 10.3. The molecule has 0 aliphatic carbocycles. The zero-order chi connectivity index (χ0) is 27.2. The summed E-state index contributed by atoms with van der Waals surface area (Å²) in [6.45, 7) is 8.06. The predicted molar refractivity (Wildman–Crippen MR) is 142 cm³/mol. The van der Waals surface area contributed by atoms with E-state index in [1.54, 1.807) is 11.1 Å². The molecular formula is C25H32N6O5S. The topological polar surface area (TPSA) is 152 Å². The first-order chi connectivity index (χ1) is 17.3. The quantitative estimate of drug-likeness (QED) is 0.376. The minimum absolute atomic E-state index is 0.228. The number of amides is 1. The van der Waals surface area contributed by atoms with E-state index in [0.29, 0.717) is 26.2 Å². The van der Waals surface area contributed by atoms with Crippen LogP contribution >= 0.6 is 11.3 Å². The summed E-state index contributed by atoms with van der Waals surface area (Å²) in [7, 11) is 0. The number of nitrogens with one attached hydrogen (secondary N) is 1. The van der Waals surface area contributed by atoms with E-state index in [2.05, 4.69) is 25.2 Å². The highest BCUT2D eigenvalue weighted by Gasteiger charge is 2.31. The standard InChI is InChI=1S/C21H24N6O2S.C4H8O3/c1-21(2,29)19(28)27-11-9-26(10-12-27)15-6-7-18(23-13-15)25-20-24-17(14-30-20)16-5-3-4-8-22-16;1-4(2,7)3(5)6/h3-8,13-14,29H,9-12H2,1-2H3,(H,23,24,25);7H,1-2H3,(H,5,6). The summed E-state index contributed by atoms with van der Waals surface area (Å²) < 4.78 is 0.